The average molecular weight is 332 g/mol. The molecule has 0 spiro atoms. The number of carbonyl (C=O) groups excluding carboxylic acids is 1. The van der Waals surface area contributed by atoms with Crippen molar-refractivity contribution in [3.05, 3.63) is 48.2 Å². The van der Waals surface area contributed by atoms with Gasteiger partial charge < -0.3 is 14.8 Å². The van der Waals surface area contributed by atoms with Crippen LogP contribution in [0.25, 0.3) is 0 Å². The zero-order chi connectivity index (χ0) is 16.7. The van der Waals surface area contributed by atoms with Crippen LogP contribution in [-0.2, 0) is 4.79 Å². The summed E-state index contributed by atoms with van der Waals surface area (Å²) < 4.78 is 10.6. The number of pyridine rings is 1. The van der Waals surface area contributed by atoms with E-state index < -0.39 is 0 Å². The van der Waals surface area contributed by atoms with Gasteiger partial charge in [0.2, 0.25) is 5.91 Å². The van der Waals surface area contributed by atoms with E-state index in [1.165, 1.54) is 11.8 Å². The Morgan fingerprint density at radius 2 is 2.09 bits per heavy atom. The quantitative estimate of drug-likeness (QED) is 0.790. The van der Waals surface area contributed by atoms with Crippen LogP contribution < -0.4 is 14.8 Å². The molecule has 1 aromatic carbocycles. The molecular weight excluding hydrogens is 312 g/mol. The number of amides is 1. The topological polar surface area (TPSA) is 60.5 Å². The van der Waals surface area contributed by atoms with Crippen molar-refractivity contribution in [1.82, 2.24) is 10.3 Å². The number of hydrogen-bond acceptors (Lipinski definition) is 5. The van der Waals surface area contributed by atoms with Crippen LogP contribution >= 0.6 is 11.8 Å². The van der Waals surface area contributed by atoms with Gasteiger partial charge in [-0.1, -0.05) is 17.8 Å². The van der Waals surface area contributed by atoms with Crippen LogP contribution in [0.3, 0.4) is 0 Å². The summed E-state index contributed by atoms with van der Waals surface area (Å²) in [5.74, 6) is 1.70. The largest absolute Gasteiger partial charge is 0.497 e. The molecule has 0 aliphatic heterocycles. The molecule has 0 aliphatic carbocycles. The standard InChI is InChI=1S/C17H20N2O3S/c1-12(14-10-13(21-2)7-8-15(14)22-3)19-16(20)11-23-17-6-4-5-9-18-17/h4-10,12H,11H2,1-3H3,(H,19,20)/t12-/m0/s1. The number of ether oxygens (including phenoxy) is 2. The monoisotopic (exact) mass is 332 g/mol. The zero-order valence-electron chi connectivity index (χ0n) is 13.4. The highest BCUT2D eigenvalue weighted by atomic mass is 32.2. The van der Waals surface area contributed by atoms with Crippen LogP contribution in [0.15, 0.2) is 47.6 Å². The minimum Gasteiger partial charge on any atom is -0.497 e. The molecule has 0 radical (unpaired) electrons. The number of nitrogens with zero attached hydrogens (tertiary/aromatic N) is 1. The summed E-state index contributed by atoms with van der Waals surface area (Å²) >= 11 is 1.40. The van der Waals surface area contributed by atoms with Gasteiger partial charge in [-0.15, -0.1) is 0 Å². The van der Waals surface area contributed by atoms with Crippen molar-refractivity contribution in [1.29, 1.82) is 0 Å². The van der Waals surface area contributed by atoms with Crippen LogP contribution in [0.4, 0.5) is 0 Å². The third kappa shape index (κ3) is 4.89. The van der Waals surface area contributed by atoms with Crippen molar-refractivity contribution in [2.45, 2.75) is 18.0 Å². The maximum absolute atomic E-state index is 12.1. The van der Waals surface area contributed by atoms with Gasteiger partial charge in [0.15, 0.2) is 0 Å². The van der Waals surface area contributed by atoms with Gasteiger partial charge in [0.05, 0.1) is 31.0 Å². The van der Waals surface area contributed by atoms with E-state index in [1.54, 1.807) is 20.4 Å². The summed E-state index contributed by atoms with van der Waals surface area (Å²) in [6.07, 6.45) is 1.71. The number of benzene rings is 1. The maximum atomic E-state index is 12.1. The number of carbonyl (C=O) groups is 1. The van der Waals surface area contributed by atoms with Gasteiger partial charge in [0.25, 0.3) is 0 Å². The van der Waals surface area contributed by atoms with E-state index in [0.29, 0.717) is 5.75 Å². The molecular formula is C17H20N2O3S. The Bertz CT molecular complexity index is 650. The highest BCUT2D eigenvalue weighted by Crippen LogP contribution is 2.29. The summed E-state index contributed by atoms with van der Waals surface area (Å²) in [6.45, 7) is 1.92. The van der Waals surface area contributed by atoms with Gasteiger partial charge in [0, 0.05) is 11.8 Å². The summed E-state index contributed by atoms with van der Waals surface area (Å²) in [4.78, 5) is 16.3. The van der Waals surface area contributed by atoms with Crippen molar-refractivity contribution >= 4 is 17.7 Å². The fourth-order valence-electron chi connectivity index (χ4n) is 2.11. The second kappa shape index (κ2) is 8.43. The van der Waals surface area contributed by atoms with Gasteiger partial charge >= 0.3 is 0 Å². The van der Waals surface area contributed by atoms with E-state index in [1.807, 2.05) is 43.3 Å². The lowest BCUT2D eigenvalue weighted by Gasteiger charge is -2.18. The van der Waals surface area contributed by atoms with E-state index in [2.05, 4.69) is 10.3 Å². The SMILES string of the molecule is COc1ccc(OC)c([C@H](C)NC(=O)CSc2ccccn2)c1. The number of thioether (sulfide) groups is 1. The van der Waals surface area contributed by atoms with Crippen LogP contribution in [0.1, 0.15) is 18.5 Å². The van der Waals surface area contributed by atoms with Crippen molar-refractivity contribution in [2.24, 2.45) is 0 Å². The Morgan fingerprint density at radius 3 is 2.74 bits per heavy atom. The van der Waals surface area contributed by atoms with Crippen LogP contribution in [0.2, 0.25) is 0 Å². The number of hydrogen-bond donors (Lipinski definition) is 1. The molecule has 2 rings (SSSR count). The molecule has 1 amide bonds. The molecule has 6 heteroatoms. The third-order valence-corrected chi connectivity index (χ3v) is 4.21. The van der Waals surface area contributed by atoms with Crippen molar-refractivity contribution < 1.29 is 14.3 Å². The first-order chi connectivity index (χ1) is 11.1. The molecule has 5 nitrogen and oxygen atoms in total. The average Bonchev–Trinajstić information content (AvgIpc) is 2.60. The first-order valence-electron chi connectivity index (χ1n) is 7.19. The smallest absolute Gasteiger partial charge is 0.230 e. The van der Waals surface area contributed by atoms with Gasteiger partial charge in [0.1, 0.15) is 11.5 Å². The van der Waals surface area contributed by atoms with Gasteiger partial charge in [-0.05, 0) is 37.3 Å². The number of rotatable bonds is 7. The van der Waals surface area contributed by atoms with Crippen molar-refractivity contribution in [3.8, 4) is 11.5 Å². The second-order valence-corrected chi connectivity index (χ2v) is 5.85. The molecule has 0 saturated heterocycles. The molecule has 1 atom stereocenters. The molecule has 1 heterocycles. The Kier molecular flexibility index (Phi) is 6.29. The summed E-state index contributed by atoms with van der Waals surface area (Å²) in [5.41, 5.74) is 0.878. The van der Waals surface area contributed by atoms with Crippen LogP contribution in [-0.4, -0.2) is 30.9 Å². The summed E-state index contributed by atoms with van der Waals surface area (Å²) in [7, 11) is 3.22. The minimum atomic E-state index is -0.183. The molecule has 0 fully saturated rings. The Hall–Kier alpha value is -2.21. The minimum absolute atomic E-state index is 0.0574. The second-order valence-electron chi connectivity index (χ2n) is 4.85. The normalized spacial score (nSPS) is 11.6. The molecule has 23 heavy (non-hydrogen) atoms. The molecule has 0 unspecified atom stereocenters. The highest BCUT2D eigenvalue weighted by Gasteiger charge is 2.15. The lowest BCUT2D eigenvalue weighted by atomic mass is 10.1. The van der Waals surface area contributed by atoms with Crippen LogP contribution in [0, 0.1) is 0 Å². The fourth-order valence-corrected chi connectivity index (χ4v) is 2.78. The number of methoxy groups -OCH3 is 2. The first kappa shape index (κ1) is 17.1. The predicted molar refractivity (Wildman–Crippen MR) is 91.1 cm³/mol. The van der Waals surface area contributed by atoms with Crippen LogP contribution in [0.5, 0.6) is 11.5 Å². The zero-order valence-corrected chi connectivity index (χ0v) is 14.2. The van der Waals surface area contributed by atoms with E-state index >= 15 is 0 Å². The summed E-state index contributed by atoms with van der Waals surface area (Å²) in [6, 6.07) is 11.0. The molecule has 2 aromatic rings. The molecule has 0 saturated carbocycles. The lowest BCUT2D eigenvalue weighted by Crippen LogP contribution is -2.28. The Balaban J connectivity index is 1.98. The molecule has 1 N–H and O–H groups in total. The Labute approximate surface area is 140 Å². The van der Waals surface area contributed by atoms with E-state index in [4.69, 9.17) is 9.47 Å². The first-order valence-corrected chi connectivity index (χ1v) is 8.17. The van der Waals surface area contributed by atoms with Crippen molar-refractivity contribution in [3.63, 3.8) is 0 Å². The molecule has 1 aromatic heterocycles. The van der Waals surface area contributed by atoms with E-state index in [0.717, 1.165) is 22.1 Å². The molecule has 0 bridgehead atoms. The van der Waals surface area contributed by atoms with Gasteiger partial charge in [-0.25, -0.2) is 4.98 Å². The predicted octanol–water partition coefficient (Wildman–Crippen LogP) is 3.07. The van der Waals surface area contributed by atoms with E-state index in [9.17, 15) is 4.79 Å². The fraction of sp³-hybridized carbons (Fsp3) is 0.294. The van der Waals surface area contributed by atoms with Gasteiger partial charge in [-0.3, -0.25) is 4.79 Å². The van der Waals surface area contributed by atoms with Gasteiger partial charge in [-0.2, -0.15) is 0 Å². The highest BCUT2D eigenvalue weighted by molar-refractivity contribution is 7.99. The van der Waals surface area contributed by atoms with E-state index in [-0.39, 0.29) is 11.9 Å². The molecule has 122 valence electrons. The number of aromatic nitrogens is 1. The maximum Gasteiger partial charge on any atom is 0.230 e. The third-order valence-electron chi connectivity index (χ3n) is 3.27. The molecule has 0 aliphatic rings. The number of nitrogens with one attached hydrogen (secondary N) is 1. The van der Waals surface area contributed by atoms with Crippen molar-refractivity contribution in [2.75, 3.05) is 20.0 Å². The summed E-state index contributed by atoms with van der Waals surface area (Å²) in [5, 5.41) is 3.80. The Morgan fingerprint density at radius 1 is 1.26 bits per heavy atom. The lowest BCUT2D eigenvalue weighted by molar-refractivity contribution is -0.119.